The number of aromatic nitrogens is 1. The van der Waals surface area contributed by atoms with Gasteiger partial charge in [0.25, 0.3) is 0 Å². The minimum absolute atomic E-state index is 0.201. The average molecular weight is 311 g/mol. The first kappa shape index (κ1) is 15.4. The van der Waals surface area contributed by atoms with Crippen molar-refractivity contribution in [1.29, 1.82) is 0 Å². The van der Waals surface area contributed by atoms with Crippen LogP contribution in [0, 0.1) is 0 Å². The van der Waals surface area contributed by atoms with Gasteiger partial charge in [-0.3, -0.25) is 4.90 Å². The van der Waals surface area contributed by atoms with Crippen LogP contribution in [0.15, 0.2) is 29.6 Å². The second-order valence-corrected chi connectivity index (χ2v) is 5.69. The van der Waals surface area contributed by atoms with Gasteiger partial charge in [-0.05, 0) is 12.1 Å². The first-order chi connectivity index (χ1) is 9.76. The molecule has 2 aromatic rings. The van der Waals surface area contributed by atoms with E-state index in [0.717, 1.165) is 29.4 Å². The third-order valence-electron chi connectivity index (χ3n) is 3.16. The van der Waals surface area contributed by atoms with Gasteiger partial charge in [-0.25, -0.2) is 4.98 Å². The number of aliphatic hydroxyl groups is 1. The van der Waals surface area contributed by atoms with Crippen molar-refractivity contribution < 1.29 is 5.11 Å². The van der Waals surface area contributed by atoms with E-state index in [-0.39, 0.29) is 6.61 Å². The Kier molecular flexibility index (Phi) is 5.98. The van der Waals surface area contributed by atoms with Crippen LogP contribution in [-0.2, 0) is 12.4 Å². The van der Waals surface area contributed by atoms with Gasteiger partial charge in [-0.15, -0.1) is 22.9 Å². The molecule has 0 aliphatic heterocycles. The first-order valence-corrected chi connectivity index (χ1v) is 8.11. The van der Waals surface area contributed by atoms with Crippen LogP contribution >= 0.6 is 22.9 Å². The van der Waals surface area contributed by atoms with Crippen LogP contribution < -0.4 is 0 Å². The van der Waals surface area contributed by atoms with Gasteiger partial charge in [-0.2, -0.15) is 0 Å². The molecule has 1 aromatic carbocycles. The van der Waals surface area contributed by atoms with Crippen molar-refractivity contribution in [3.8, 4) is 10.6 Å². The maximum atomic E-state index is 9.00. The summed E-state index contributed by atoms with van der Waals surface area (Å²) in [6, 6.07) is 8.44. The van der Waals surface area contributed by atoms with E-state index in [1.54, 1.807) is 11.3 Å². The van der Waals surface area contributed by atoms with Crippen molar-refractivity contribution in [2.75, 3.05) is 19.7 Å². The number of thiazole rings is 1. The Hall–Kier alpha value is -0.940. The van der Waals surface area contributed by atoms with Crippen LogP contribution in [0.5, 0.6) is 0 Å². The summed E-state index contributed by atoms with van der Waals surface area (Å²) in [5, 5.41) is 12.0. The van der Waals surface area contributed by atoms with Crippen LogP contribution in [0.3, 0.4) is 0 Å². The molecule has 1 N–H and O–H groups in total. The Bertz CT molecular complexity index is 527. The molecular weight excluding hydrogens is 292 g/mol. The normalized spacial score (nSPS) is 11.2. The standard InChI is InChI=1S/C15H19ClN2OS/c1-2-18(7-8-19)10-12-3-5-13(6-4-12)15-17-14(9-16)11-20-15/h3-6,11,19H,2,7-10H2,1H3. The number of hydrogen-bond donors (Lipinski definition) is 1. The molecule has 5 heteroatoms. The summed E-state index contributed by atoms with van der Waals surface area (Å²) < 4.78 is 0. The maximum absolute atomic E-state index is 9.00. The fourth-order valence-electron chi connectivity index (χ4n) is 2.00. The molecule has 1 aromatic heterocycles. The molecule has 0 radical (unpaired) electrons. The highest BCUT2D eigenvalue weighted by Crippen LogP contribution is 2.24. The molecule has 0 spiro atoms. The smallest absolute Gasteiger partial charge is 0.123 e. The lowest BCUT2D eigenvalue weighted by molar-refractivity contribution is 0.197. The highest BCUT2D eigenvalue weighted by molar-refractivity contribution is 7.13. The summed E-state index contributed by atoms with van der Waals surface area (Å²) in [6.07, 6.45) is 0. The number of alkyl halides is 1. The number of benzene rings is 1. The molecule has 0 unspecified atom stereocenters. The first-order valence-electron chi connectivity index (χ1n) is 6.69. The summed E-state index contributed by atoms with van der Waals surface area (Å²) in [4.78, 5) is 6.69. The molecule has 20 heavy (non-hydrogen) atoms. The SMILES string of the molecule is CCN(CCO)Cc1ccc(-c2nc(CCl)cs2)cc1. The van der Waals surface area contributed by atoms with Crippen molar-refractivity contribution in [3.05, 3.63) is 40.9 Å². The lowest BCUT2D eigenvalue weighted by Gasteiger charge is -2.19. The molecule has 0 atom stereocenters. The predicted octanol–water partition coefficient (Wildman–Crippen LogP) is 3.36. The Labute approximate surface area is 128 Å². The molecular formula is C15H19ClN2OS. The monoisotopic (exact) mass is 310 g/mol. The van der Waals surface area contributed by atoms with Gasteiger partial charge < -0.3 is 5.11 Å². The van der Waals surface area contributed by atoms with Crippen LogP contribution in [0.4, 0.5) is 0 Å². The number of halogens is 1. The van der Waals surface area contributed by atoms with Crippen molar-refractivity contribution in [3.63, 3.8) is 0 Å². The summed E-state index contributed by atoms with van der Waals surface area (Å²) in [6.45, 7) is 4.82. The van der Waals surface area contributed by atoms with Crippen LogP contribution in [0.25, 0.3) is 10.6 Å². The molecule has 0 aliphatic rings. The molecule has 0 amide bonds. The zero-order chi connectivity index (χ0) is 14.4. The van der Waals surface area contributed by atoms with Crippen molar-refractivity contribution in [1.82, 2.24) is 9.88 Å². The Morgan fingerprint density at radius 1 is 1.30 bits per heavy atom. The fourth-order valence-corrected chi connectivity index (χ4v) is 3.06. The average Bonchev–Trinajstić information content (AvgIpc) is 2.96. The Morgan fingerprint density at radius 2 is 2.05 bits per heavy atom. The zero-order valence-electron chi connectivity index (χ0n) is 11.6. The summed E-state index contributed by atoms with van der Waals surface area (Å²) in [5.41, 5.74) is 3.30. The highest BCUT2D eigenvalue weighted by atomic mass is 35.5. The minimum Gasteiger partial charge on any atom is -0.395 e. The molecule has 2 rings (SSSR count). The van der Waals surface area contributed by atoms with Crippen molar-refractivity contribution >= 4 is 22.9 Å². The second kappa shape index (κ2) is 7.74. The molecule has 1 heterocycles. The lowest BCUT2D eigenvalue weighted by atomic mass is 10.1. The number of aliphatic hydroxyl groups excluding tert-OH is 1. The predicted molar refractivity (Wildman–Crippen MR) is 85.1 cm³/mol. The largest absolute Gasteiger partial charge is 0.395 e. The highest BCUT2D eigenvalue weighted by Gasteiger charge is 2.06. The molecule has 0 saturated carbocycles. The van der Waals surface area contributed by atoms with Crippen LogP contribution in [0.1, 0.15) is 18.2 Å². The number of nitrogens with zero attached hydrogens (tertiary/aromatic N) is 2. The third-order valence-corrected chi connectivity index (χ3v) is 4.37. The lowest BCUT2D eigenvalue weighted by Crippen LogP contribution is -2.25. The van der Waals surface area contributed by atoms with E-state index < -0.39 is 0 Å². The quantitative estimate of drug-likeness (QED) is 0.797. The molecule has 0 fully saturated rings. The maximum Gasteiger partial charge on any atom is 0.123 e. The van der Waals surface area contributed by atoms with E-state index in [4.69, 9.17) is 16.7 Å². The number of likely N-dealkylation sites (N-methyl/N-ethyl adjacent to an activating group) is 1. The van der Waals surface area contributed by atoms with Gasteiger partial charge in [-0.1, -0.05) is 31.2 Å². The Balaban J connectivity index is 2.05. The molecule has 0 saturated heterocycles. The van der Waals surface area contributed by atoms with Gasteiger partial charge in [0.1, 0.15) is 5.01 Å². The van der Waals surface area contributed by atoms with Gasteiger partial charge >= 0.3 is 0 Å². The van der Waals surface area contributed by atoms with E-state index in [1.807, 2.05) is 5.38 Å². The van der Waals surface area contributed by atoms with Gasteiger partial charge in [0.15, 0.2) is 0 Å². The van der Waals surface area contributed by atoms with Gasteiger partial charge in [0.2, 0.25) is 0 Å². The summed E-state index contributed by atoms with van der Waals surface area (Å²) in [7, 11) is 0. The van der Waals surface area contributed by atoms with E-state index in [0.29, 0.717) is 12.4 Å². The molecule has 3 nitrogen and oxygen atoms in total. The minimum atomic E-state index is 0.201. The van der Waals surface area contributed by atoms with E-state index in [1.165, 1.54) is 5.56 Å². The van der Waals surface area contributed by atoms with E-state index in [2.05, 4.69) is 41.1 Å². The molecule has 0 aliphatic carbocycles. The van der Waals surface area contributed by atoms with Crippen LogP contribution in [-0.4, -0.2) is 34.7 Å². The van der Waals surface area contributed by atoms with Crippen molar-refractivity contribution in [2.45, 2.75) is 19.3 Å². The number of hydrogen-bond acceptors (Lipinski definition) is 4. The number of rotatable bonds is 7. The topological polar surface area (TPSA) is 36.4 Å². The van der Waals surface area contributed by atoms with Gasteiger partial charge in [0, 0.05) is 24.0 Å². The molecule has 0 bridgehead atoms. The van der Waals surface area contributed by atoms with E-state index >= 15 is 0 Å². The second-order valence-electron chi connectivity index (χ2n) is 4.57. The van der Waals surface area contributed by atoms with Crippen molar-refractivity contribution in [2.24, 2.45) is 0 Å². The van der Waals surface area contributed by atoms with Gasteiger partial charge in [0.05, 0.1) is 18.2 Å². The Morgan fingerprint density at radius 3 is 2.60 bits per heavy atom. The van der Waals surface area contributed by atoms with Crippen LogP contribution in [0.2, 0.25) is 0 Å². The fraction of sp³-hybridized carbons (Fsp3) is 0.400. The third kappa shape index (κ3) is 4.03. The molecule has 108 valence electrons. The van der Waals surface area contributed by atoms with E-state index in [9.17, 15) is 0 Å². The summed E-state index contributed by atoms with van der Waals surface area (Å²) in [5.74, 6) is 0.460. The summed E-state index contributed by atoms with van der Waals surface area (Å²) >= 11 is 7.39. The zero-order valence-corrected chi connectivity index (χ0v) is 13.1.